The number of hydrogen-bond donors (Lipinski definition) is 1. The van der Waals surface area contributed by atoms with Crippen LogP contribution in [0.2, 0.25) is 0 Å². The fourth-order valence-electron chi connectivity index (χ4n) is 3.84. The smallest absolute Gasteiger partial charge is 0.247 e. The van der Waals surface area contributed by atoms with Crippen LogP contribution in [0.3, 0.4) is 0 Å². The van der Waals surface area contributed by atoms with Crippen molar-refractivity contribution in [3.8, 4) is 0 Å². The van der Waals surface area contributed by atoms with E-state index in [9.17, 15) is 9.59 Å². The molecule has 178 valence electrons. The molecule has 8 heteroatoms. The van der Waals surface area contributed by atoms with Gasteiger partial charge in [0.25, 0.3) is 0 Å². The Bertz CT molecular complexity index is 909. The van der Waals surface area contributed by atoms with E-state index in [2.05, 4.69) is 36.0 Å². The summed E-state index contributed by atoms with van der Waals surface area (Å²) < 4.78 is 5.38. The number of alkyl halides is 1. The van der Waals surface area contributed by atoms with Gasteiger partial charge in [0.1, 0.15) is 11.9 Å². The number of ether oxygens (including phenoxy) is 1. The van der Waals surface area contributed by atoms with Crippen LogP contribution >= 0.6 is 11.6 Å². The van der Waals surface area contributed by atoms with Gasteiger partial charge in [0, 0.05) is 49.8 Å². The molecule has 0 bridgehead atoms. The molecule has 1 fully saturated rings. The summed E-state index contributed by atoms with van der Waals surface area (Å²) in [6.45, 7) is 10.7. The van der Waals surface area contributed by atoms with E-state index in [0.29, 0.717) is 31.0 Å². The number of nitrogens with zero attached hydrogens (tertiary/aromatic N) is 3. The van der Waals surface area contributed by atoms with Gasteiger partial charge in [-0.15, -0.1) is 11.6 Å². The summed E-state index contributed by atoms with van der Waals surface area (Å²) in [7, 11) is 0. The highest BCUT2D eigenvalue weighted by molar-refractivity contribution is 6.29. The number of halogens is 1. The number of nitrogens with one attached hydrogen (secondary N) is 1. The maximum atomic E-state index is 13.4. The average molecular weight is 473 g/mol. The van der Waals surface area contributed by atoms with Crippen LogP contribution in [-0.4, -0.2) is 67.0 Å². The molecule has 1 unspecified atom stereocenters. The first-order valence-electron chi connectivity index (χ1n) is 11.3. The molecule has 7 nitrogen and oxygen atoms in total. The van der Waals surface area contributed by atoms with Gasteiger partial charge in [-0.3, -0.25) is 24.4 Å². The lowest BCUT2D eigenvalue weighted by atomic mass is 9.87. The molecule has 0 spiro atoms. The van der Waals surface area contributed by atoms with Crippen LogP contribution in [0.25, 0.3) is 0 Å². The minimum Gasteiger partial charge on any atom is -0.379 e. The van der Waals surface area contributed by atoms with Gasteiger partial charge in [-0.1, -0.05) is 39.0 Å². The number of carbonyl (C=O) groups is 2. The lowest BCUT2D eigenvalue weighted by Gasteiger charge is -2.32. The molecule has 2 aromatic rings. The van der Waals surface area contributed by atoms with Crippen molar-refractivity contribution in [1.29, 1.82) is 0 Å². The second-order valence-electron chi connectivity index (χ2n) is 9.13. The molecule has 1 aromatic carbocycles. The van der Waals surface area contributed by atoms with E-state index in [0.717, 1.165) is 25.2 Å². The van der Waals surface area contributed by atoms with E-state index in [-0.39, 0.29) is 23.1 Å². The van der Waals surface area contributed by atoms with Crippen molar-refractivity contribution in [1.82, 2.24) is 15.2 Å². The first-order valence-corrected chi connectivity index (χ1v) is 11.8. The standard InChI is InChI=1S/C25H33ClN4O3/c1-25(2,3)20-6-8-21(9-7-20)30(22(31)17-26)23(19-5-4-10-27-18-19)24(32)28-11-12-29-13-15-33-16-14-29/h4-10,18,23H,11-17H2,1-3H3,(H,28,32). The van der Waals surface area contributed by atoms with Crippen molar-refractivity contribution < 1.29 is 14.3 Å². The fraction of sp³-hybridized carbons (Fsp3) is 0.480. The van der Waals surface area contributed by atoms with Crippen LogP contribution in [0.1, 0.15) is 37.9 Å². The van der Waals surface area contributed by atoms with Crippen molar-refractivity contribution in [2.45, 2.75) is 32.2 Å². The predicted molar refractivity (Wildman–Crippen MR) is 131 cm³/mol. The van der Waals surface area contributed by atoms with E-state index < -0.39 is 6.04 Å². The zero-order valence-electron chi connectivity index (χ0n) is 19.6. The Hall–Kier alpha value is -2.48. The van der Waals surface area contributed by atoms with Crippen LogP contribution in [0.15, 0.2) is 48.8 Å². The molecule has 0 saturated carbocycles. The van der Waals surface area contributed by atoms with Gasteiger partial charge in [-0.25, -0.2) is 0 Å². The third-order valence-corrected chi connectivity index (χ3v) is 5.96. The van der Waals surface area contributed by atoms with Gasteiger partial charge in [-0.05, 0) is 29.2 Å². The molecule has 2 heterocycles. The summed E-state index contributed by atoms with van der Waals surface area (Å²) in [6, 6.07) is 10.4. The second-order valence-corrected chi connectivity index (χ2v) is 9.40. The molecule has 1 aliphatic heterocycles. The Labute approximate surface area is 201 Å². The highest BCUT2D eigenvalue weighted by Crippen LogP contribution is 2.30. The van der Waals surface area contributed by atoms with Crippen molar-refractivity contribution in [3.63, 3.8) is 0 Å². The number of pyridine rings is 1. The van der Waals surface area contributed by atoms with Crippen molar-refractivity contribution in [3.05, 3.63) is 59.9 Å². The van der Waals surface area contributed by atoms with Gasteiger partial charge < -0.3 is 10.1 Å². The molecule has 33 heavy (non-hydrogen) atoms. The predicted octanol–water partition coefficient (Wildman–Crippen LogP) is 3.14. The first-order chi connectivity index (χ1) is 15.8. The average Bonchev–Trinajstić information content (AvgIpc) is 2.82. The summed E-state index contributed by atoms with van der Waals surface area (Å²) in [5.74, 6) is -0.856. The largest absolute Gasteiger partial charge is 0.379 e. The number of aromatic nitrogens is 1. The zero-order valence-corrected chi connectivity index (χ0v) is 20.3. The van der Waals surface area contributed by atoms with E-state index in [1.807, 2.05) is 24.3 Å². The van der Waals surface area contributed by atoms with Crippen molar-refractivity contribution in [2.24, 2.45) is 0 Å². The third-order valence-electron chi connectivity index (χ3n) is 5.73. The molecule has 3 rings (SSSR count). The van der Waals surface area contributed by atoms with E-state index >= 15 is 0 Å². The summed E-state index contributed by atoms with van der Waals surface area (Å²) in [6.07, 6.45) is 3.26. The molecule has 1 aromatic heterocycles. The van der Waals surface area contributed by atoms with Gasteiger partial charge >= 0.3 is 0 Å². The van der Waals surface area contributed by atoms with E-state index in [4.69, 9.17) is 16.3 Å². The molecular weight excluding hydrogens is 440 g/mol. The number of anilines is 1. The van der Waals surface area contributed by atoms with Crippen LogP contribution in [0.5, 0.6) is 0 Å². The number of rotatable bonds is 8. The Balaban J connectivity index is 1.87. The van der Waals surface area contributed by atoms with E-state index in [1.165, 1.54) is 4.90 Å². The highest BCUT2D eigenvalue weighted by atomic mass is 35.5. The number of carbonyl (C=O) groups excluding carboxylic acids is 2. The minimum absolute atomic E-state index is 0.0283. The van der Waals surface area contributed by atoms with E-state index in [1.54, 1.807) is 24.5 Å². The zero-order chi connectivity index (χ0) is 23.8. The van der Waals surface area contributed by atoms with Gasteiger partial charge in [0.2, 0.25) is 11.8 Å². The Kier molecular flexibility index (Phi) is 8.83. The molecule has 1 saturated heterocycles. The molecule has 0 aliphatic carbocycles. The summed E-state index contributed by atoms with van der Waals surface area (Å²) >= 11 is 5.99. The quantitative estimate of drug-likeness (QED) is 0.597. The van der Waals surface area contributed by atoms with Crippen LogP contribution in [-0.2, 0) is 19.7 Å². The first kappa shape index (κ1) is 25.1. The van der Waals surface area contributed by atoms with Crippen molar-refractivity contribution >= 4 is 29.1 Å². The Morgan fingerprint density at radius 1 is 1.18 bits per heavy atom. The lowest BCUT2D eigenvalue weighted by molar-refractivity contribution is -0.126. The molecule has 0 radical (unpaired) electrons. The van der Waals surface area contributed by atoms with Crippen LogP contribution in [0.4, 0.5) is 5.69 Å². The van der Waals surface area contributed by atoms with Crippen LogP contribution < -0.4 is 10.2 Å². The summed E-state index contributed by atoms with van der Waals surface area (Å²) in [5, 5.41) is 3.01. The molecular formula is C25H33ClN4O3. The number of hydrogen-bond acceptors (Lipinski definition) is 5. The lowest BCUT2D eigenvalue weighted by Crippen LogP contribution is -2.47. The minimum atomic E-state index is -0.880. The highest BCUT2D eigenvalue weighted by Gasteiger charge is 2.32. The summed E-state index contributed by atoms with van der Waals surface area (Å²) in [4.78, 5) is 34.3. The van der Waals surface area contributed by atoms with Crippen LogP contribution in [0, 0.1) is 0 Å². The molecule has 1 N–H and O–H groups in total. The topological polar surface area (TPSA) is 74.8 Å². The normalized spacial score (nSPS) is 15.6. The molecule has 1 atom stereocenters. The Morgan fingerprint density at radius 2 is 1.88 bits per heavy atom. The molecule has 1 aliphatic rings. The fourth-order valence-corrected chi connectivity index (χ4v) is 3.97. The maximum absolute atomic E-state index is 13.4. The number of morpholine rings is 1. The number of benzene rings is 1. The maximum Gasteiger partial charge on any atom is 0.247 e. The molecule has 2 amide bonds. The van der Waals surface area contributed by atoms with Gasteiger partial charge in [0.05, 0.1) is 13.2 Å². The van der Waals surface area contributed by atoms with Gasteiger partial charge in [0.15, 0.2) is 0 Å². The van der Waals surface area contributed by atoms with Gasteiger partial charge in [-0.2, -0.15) is 0 Å². The third kappa shape index (κ3) is 6.76. The van der Waals surface area contributed by atoms with Crippen molar-refractivity contribution in [2.75, 3.05) is 50.2 Å². The Morgan fingerprint density at radius 3 is 2.45 bits per heavy atom. The summed E-state index contributed by atoms with van der Waals surface area (Å²) in [5.41, 5.74) is 2.35. The second kappa shape index (κ2) is 11.6. The SMILES string of the molecule is CC(C)(C)c1ccc(N(C(=O)CCl)C(C(=O)NCCN2CCOCC2)c2cccnc2)cc1. The number of amides is 2. The monoisotopic (exact) mass is 472 g/mol.